The lowest BCUT2D eigenvalue weighted by molar-refractivity contribution is -0.148. The largest absolute Gasteiger partial charge is 0.458 e. The summed E-state index contributed by atoms with van der Waals surface area (Å²) in [4.78, 5) is 35.4. The Bertz CT molecular complexity index is 751. The van der Waals surface area contributed by atoms with E-state index in [4.69, 9.17) is 4.74 Å². The molecule has 0 spiro atoms. The molecule has 4 aliphatic carbocycles. The first-order valence-corrected chi connectivity index (χ1v) is 11.6. The molecule has 5 heteroatoms. The molecule has 0 aromatic heterocycles. The van der Waals surface area contributed by atoms with Crippen molar-refractivity contribution in [3.63, 3.8) is 0 Å². The molecule has 0 aromatic rings. The molecule has 4 aliphatic rings. The smallest absolute Gasteiger partial charge is 0.303 e. The molecule has 0 heterocycles. The normalized spacial score (nSPS) is 36.3. The number of rotatable bonds is 3. The molecule has 7 atom stereocenters. The maximum Gasteiger partial charge on any atom is 0.303 e. The number of hydrogen-bond acceptors (Lipinski definition) is 5. The van der Waals surface area contributed by atoms with E-state index in [1.807, 2.05) is 19.9 Å². The molecule has 4 unspecified atom stereocenters. The first-order chi connectivity index (χ1) is 14.8. The SMILES string of the molecule is C.C=C.CC.CC(=O)OCC(=O)[C@H]1CCC2C3CCC4=CC(=O)C=CC4(C)C3[C@@H](O)C[C@H]21. The van der Waals surface area contributed by atoms with Crippen molar-refractivity contribution in [3.05, 3.63) is 37.0 Å². The van der Waals surface area contributed by atoms with Crippen LogP contribution < -0.4 is 0 Å². The van der Waals surface area contributed by atoms with E-state index in [9.17, 15) is 19.5 Å². The average Bonchev–Trinajstić information content (AvgIpc) is 3.19. The number of aliphatic hydroxyl groups is 1. The highest BCUT2D eigenvalue weighted by Crippen LogP contribution is 2.61. The van der Waals surface area contributed by atoms with E-state index in [0.717, 1.165) is 31.3 Å². The highest BCUT2D eigenvalue weighted by atomic mass is 16.5. The van der Waals surface area contributed by atoms with Gasteiger partial charge in [-0.1, -0.05) is 39.8 Å². The Balaban J connectivity index is 0.000000971. The Kier molecular flexibility index (Phi) is 10.3. The molecule has 0 amide bonds. The zero-order chi connectivity index (χ0) is 23.3. The molecule has 3 saturated carbocycles. The van der Waals surface area contributed by atoms with Crippen molar-refractivity contribution in [2.24, 2.45) is 35.0 Å². The van der Waals surface area contributed by atoms with Crippen molar-refractivity contribution in [1.82, 2.24) is 0 Å². The Morgan fingerprint density at radius 2 is 1.81 bits per heavy atom. The molecular weight excluding hydrogens is 404 g/mol. The fraction of sp³-hybridized carbons (Fsp3) is 0.667. The number of hydrogen-bond donors (Lipinski definition) is 1. The minimum Gasteiger partial charge on any atom is -0.458 e. The fourth-order valence-corrected chi connectivity index (χ4v) is 6.59. The van der Waals surface area contributed by atoms with Gasteiger partial charge in [0.1, 0.15) is 6.61 Å². The van der Waals surface area contributed by atoms with Gasteiger partial charge in [-0.15, -0.1) is 13.2 Å². The maximum absolute atomic E-state index is 12.6. The first-order valence-electron chi connectivity index (χ1n) is 11.6. The Hall–Kier alpha value is -2.01. The molecule has 4 rings (SSSR count). The molecule has 1 N–H and O–H groups in total. The zero-order valence-electron chi connectivity index (χ0n) is 19.4. The van der Waals surface area contributed by atoms with Crippen LogP contribution in [0.25, 0.3) is 0 Å². The van der Waals surface area contributed by atoms with Crippen LogP contribution in [0.5, 0.6) is 0 Å². The van der Waals surface area contributed by atoms with E-state index in [1.165, 1.54) is 6.92 Å². The van der Waals surface area contributed by atoms with Gasteiger partial charge >= 0.3 is 5.97 Å². The summed E-state index contributed by atoms with van der Waals surface area (Å²) in [6, 6.07) is 0. The Morgan fingerprint density at radius 1 is 1.16 bits per heavy atom. The van der Waals surface area contributed by atoms with E-state index < -0.39 is 12.1 Å². The number of esters is 1. The number of ketones is 2. The van der Waals surface area contributed by atoms with E-state index in [1.54, 1.807) is 12.2 Å². The predicted octanol–water partition coefficient (Wildman–Crippen LogP) is 5.09. The molecule has 0 saturated heterocycles. The number of allylic oxidation sites excluding steroid dienone is 4. The molecule has 0 aromatic carbocycles. The summed E-state index contributed by atoms with van der Waals surface area (Å²) in [5.41, 5.74) is 0.885. The van der Waals surface area contributed by atoms with Crippen LogP contribution >= 0.6 is 0 Å². The minimum atomic E-state index is -0.482. The van der Waals surface area contributed by atoms with Gasteiger partial charge in [0.2, 0.25) is 0 Å². The van der Waals surface area contributed by atoms with E-state index >= 15 is 0 Å². The summed E-state index contributed by atoms with van der Waals surface area (Å²) in [7, 11) is 0. The van der Waals surface area contributed by atoms with Crippen molar-refractivity contribution >= 4 is 17.5 Å². The lowest BCUT2D eigenvalue weighted by atomic mass is 9.50. The van der Waals surface area contributed by atoms with Crippen LogP contribution in [-0.4, -0.2) is 35.4 Å². The van der Waals surface area contributed by atoms with Gasteiger partial charge in [0.05, 0.1) is 6.10 Å². The predicted molar refractivity (Wildman–Crippen MR) is 128 cm³/mol. The second-order valence-electron chi connectivity index (χ2n) is 8.98. The van der Waals surface area contributed by atoms with Gasteiger partial charge in [-0.25, -0.2) is 0 Å². The van der Waals surface area contributed by atoms with Crippen molar-refractivity contribution in [3.8, 4) is 0 Å². The zero-order valence-corrected chi connectivity index (χ0v) is 19.4. The molecule has 0 radical (unpaired) electrons. The highest BCUT2D eigenvalue weighted by Gasteiger charge is 2.57. The van der Waals surface area contributed by atoms with Crippen LogP contribution in [0, 0.1) is 35.0 Å². The monoisotopic (exact) mass is 446 g/mol. The van der Waals surface area contributed by atoms with E-state index in [-0.39, 0.29) is 48.8 Å². The van der Waals surface area contributed by atoms with Gasteiger partial charge in [0, 0.05) is 24.2 Å². The van der Waals surface area contributed by atoms with E-state index in [2.05, 4.69) is 20.1 Å². The second kappa shape index (κ2) is 11.7. The summed E-state index contributed by atoms with van der Waals surface area (Å²) in [5, 5.41) is 11.1. The average molecular weight is 447 g/mol. The van der Waals surface area contributed by atoms with Crippen LogP contribution in [0.15, 0.2) is 37.0 Å². The number of aliphatic hydroxyl groups excluding tert-OH is 1. The van der Waals surface area contributed by atoms with Gasteiger partial charge in [0.15, 0.2) is 11.6 Å². The summed E-state index contributed by atoms with van der Waals surface area (Å²) >= 11 is 0. The van der Waals surface area contributed by atoms with Crippen LogP contribution in [0.2, 0.25) is 0 Å². The second-order valence-corrected chi connectivity index (χ2v) is 8.98. The van der Waals surface area contributed by atoms with Gasteiger partial charge in [-0.05, 0) is 62.0 Å². The number of ether oxygens (including phenoxy) is 1. The third kappa shape index (κ3) is 5.14. The standard InChI is InChI=1S/C22H28O5.C2H6.C2H4.CH4/c1-12(23)27-11-20(26)16-6-5-15-17-4-3-13-9-14(24)7-8-22(13,2)21(17)19(25)10-18(15)16;2*1-2;/h7-9,15-19,21,25H,3-6,10-11H2,1-2H3;1-2H3;1-2H2;1H4/t15?,16-,17?,18+,19-,21?,22?;;;/m0.../s1. The van der Waals surface area contributed by atoms with Crippen LogP contribution in [0.1, 0.15) is 67.2 Å². The van der Waals surface area contributed by atoms with Crippen LogP contribution in [0.3, 0.4) is 0 Å². The first kappa shape index (κ1) is 28.0. The van der Waals surface area contributed by atoms with E-state index in [0.29, 0.717) is 18.3 Å². The molecule has 3 fully saturated rings. The quantitative estimate of drug-likeness (QED) is 0.482. The van der Waals surface area contributed by atoms with Crippen molar-refractivity contribution in [2.75, 3.05) is 6.61 Å². The fourth-order valence-electron chi connectivity index (χ4n) is 6.59. The lowest BCUT2D eigenvalue weighted by Crippen LogP contribution is -2.53. The summed E-state index contributed by atoms with van der Waals surface area (Å²) in [6.45, 7) is 13.3. The Labute approximate surface area is 194 Å². The maximum atomic E-state index is 12.6. The van der Waals surface area contributed by atoms with Crippen molar-refractivity contribution < 1.29 is 24.2 Å². The minimum absolute atomic E-state index is 0. The molecule has 0 bridgehead atoms. The van der Waals surface area contributed by atoms with Gasteiger partial charge in [0.25, 0.3) is 0 Å². The van der Waals surface area contributed by atoms with Gasteiger partial charge in [-0.3, -0.25) is 14.4 Å². The molecule has 5 nitrogen and oxygen atoms in total. The van der Waals surface area contributed by atoms with Crippen molar-refractivity contribution in [2.45, 2.75) is 73.3 Å². The summed E-state index contributed by atoms with van der Waals surface area (Å²) in [6.07, 6.45) is 9.21. The third-order valence-electron chi connectivity index (χ3n) is 7.69. The number of fused-ring (bicyclic) bond motifs is 5. The van der Waals surface area contributed by atoms with Crippen LogP contribution in [-0.2, 0) is 19.1 Å². The molecule has 180 valence electrons. The number of Topliss-reactive ketones (excluding diaryl/α,β-unsaturated/α-hetero) is 1. The summed E-state index contributed by atoms with van der Waals surface area (Å²) < 4.78 is 4.93. The Morgan fingerprint density at radius 3 is 2.44 bits per heavy atom. The lowest BCUT2D eigenvalue weighted by Gasteiger charge is -2.55. The van der Waals surface area contributed by atoms with Gasteiger partial charge in [-0.2, -0.15) is 0 Å². The topological polar surface area (TPSA) is 80.7 Å². The van der Waals surface area contributed by atoms with Crippen molar-refractivity contribution in [1.29, 1.82) is 0 Å². The molecule has 0 aliphatic heterocycles. The van der Waals surface area contributed by atoms with Gasteiger partial charge < -0.3 is 9.84 Å². The number of carbonyl (C=O) groups excluding carboxylic acids is 3. The highest BCUT2D eigenvalue weighted by molar-refractivity contribution is 6.01. The molecule has 32 heavy (non-hydrogen) atoms. The third-order valence-corrected chi connectivity index (χ3v) is 7.69. The van der Waals surface area contributed by atoms with Crippen LogP contribution in [0.4, 0.5) is 0 Å². The number of carbonyl (C=O) groups is 3. The summed E-state index contributed by atoms with van der Waals surface area (Å²) in [5.74, 6) is 0.561. The molecular formula is C27H42O5.